The van der Waals surface area contributed by atoms with E-state index in [1.165, 1.54) is 11.1 Å². The van der Waals surface area contributed by atoms with E-state index in [0.29, 0.717) is 5.71 Å². The Balaban J connectivity index is 0.000000209. The summed E-state index contributed by atoms with van der Waals surface area (Å²) >= 11 is 0. The fourth-order valence-electron chi connectivity index (χ4n) is 4.55. The summed E-state index contributed by atoms with van der Waals surface area (Å²) in [4.78, 5) is 13.3. The van der Waals surface area contributed by atoms with Crippen molar-refractivity contribution in [2.24, 2.45) is 0 Å². The van der Waals surface area contributed by atoms with E-state index in [9.17, 15) is 0 Å². The van der Waals surface area contributed by atoms with E-state index in [1.54, 1.807) is 6.20 Å². The standard InChI is InChI=1S/C24H17N2O.C11H8N.Ir/c1-15-5-3-6-17(13-15)18-11-12-25-22(14-18)21-8-4-7-19-20-10-9-16(2)26-24(20)27-23(19)21;1-2-6-10(7-3-1)11-8-4-5-9-12-11;/h3-7,9-14H,1-2H3;1-6,8-9H;/q2*-1;. The zero-order valence-electron chi connectivity index (χ0n) is 22.1. The van der Waals surface area contributed by atoms with Crippen molar-refractivity contribution in [3.63, 3.8) is 0 Å². The monoisotopic (exact) mass is 696 g/mol. The summed E-state index contributed by atoms with van der Waals surface area (Å²) in [6, 6.07) is 40.7. The summed E-state index contributed by atoms with van der Waals surface area (Å²) in [7, 11) is 0. The Kier molecular flexibility index (Phi) is 8.25. The van der Waals surface area contributed by atoms with Crippen LogP contribution in [0.5, 0.6) is 0 Å². The van der Waals surface area contributed by atoms with Crippen LogP contribution in [0.1, 0.15) is 11.3 Å². The molecule has 4 aromatic heterocycles. The van der Waals surface area contributed by atoms with Gasteiger partial charge in [-0.3, -0.25) is 0 Å². The molecule has 0 spiro atoms. The molecule has 4 heterocycles. The topological polar surface area (TPSA) is 51.8 Å². The second-order valence-electron chi connectivity index (χ2n) is 9.29. The number of fused-ring (bicyclic) bond motifs is 3. The van der Waals surface area contributed by atoms with E-state index in [4.69, 9.17) is 4.42 Å². The third-order valence-electron chi connectivity index (χ3n) is 6.46. The van der Waals surface area contributed by atoms with Gasteiger partial charge < -0.3 is 14.4 Å². The van der Waals surface area contributed by atoms with Crippen LogP contribution in [-0.4, -0.2) is 15.0 Å². The molecular formula is C35H25IrN3O-2. The van der Waals surface area contributed by atoms with Crippen molar-refractivity contribution in [2.45, 2.75) is 13.8 Å². The van der Waals surface area contributed by atoms with Crippen molar-refractivity contribution in [3.05, 3.63) is 139 Å². The fraction of sp³-hybridized carbons (Fsp3) is 0.0571. The number of aryl methyl sites for hydroxylation is 2. The van der Waals surface area contributed by atoms with E-state index in [1.807, 2.05) is 79.9 Å². The van der Waals surface area contributed by atoms with Crippen LogP contribution >= 0.6 is 0 Å². The largest absolute Gasteiger partial charge is 0.486 e. The number of furan rings is 1. The number of benzene rings is 3. The third kappa shape index (κ3) is 5.76. The van der Waals surface area contributed by atoms with Gasteiger partial charge in [-0.15, -0.1) is 54.1 Å². The maximum atomic E-state index is 6.10. The molecule has 5 heteroatoms. The van der Waals surface area contributed by atoms with E-state index < -0.39 is 0 Å². The number of hydrogen-bond donors (Lipinski definition) is 0. The normalized spacial score (nSPS) is 10.6. The minimum absolute atomic E-state index is 0. The first-order valence-corrected chi connectivity index (χ1v) is 12.8. The van der Waals surface area contributed by atoms with Gasteiger partial charge in [-0.2, -0.15) is 0 Å². The first kappa shape index (κ1) is 27.1. The minimum Gasteiger partial charge on any atom is -0.486 e. The molecule has 0 fully saturated rings. The van der Waals surface area contributed by atoms with Crippen LogP contribution in [0.3, 0.4) is 0 Å². The molecule has 0 saturated carbocycles. The van der Waals surface area contributed by atoms with Gasteiger partial charge in [0.05, 0.1) is 5.58 Å². The molecular weight excluding hydrogens is 671 g/mol. The number of pyridine rings is 3. The van der Waals surface area contributed by atoms with Gasteiger partial charge in [0.15, 0.2) is 0 Å². The Labute approximate surface area is 247 Å². The van der Waals surface area contributed by atoms with Crippen molar-refractivity contribution in [1.29, 1.82) is 0 Å². The molecule has 4 nitrogen and oxygen atoms in total. The predicted octanol–water partition coefficient (Wildman–Crippen LogP) is 8.67. The molecule has 0 aliphatic carbocycles. The Morgan fingerprint density at radius 1 is 0.650 bits per heavy atom. The second-order valence-corrected chi connectivity index (χ2v) is 9.29. The van der Waals surface area contributed by atoms with E-state index >= 15 is 0 Å². The maximum absolute atomic E-state index is 6.10. The molecule has 1 radical (unpaired) electrons. The summed E-state index contributed by atoms with van der Waals surface area (Å²) in [6.45, 7) is 4.07. The van der Waals surface area contributed by atoms with Crippen LogP contribution in [0.15, 0.2) is 120 Å². The smallest absolute Gasteiger partial charge is 0.216 e. The number of hydrogen-bond acceptors (Lipinski definition) is 4. The van der Waals surface area contributed by atoms with Gasteiger partial charge in [0, 0.05) is 43.6 Å². The number of nitrogens with zero attached hydrogens (tertiary/aromatic N) is 3. The Hall–Kier alpha value is -4.44. The van der Waals surface area contributed by atoms with E-state index in [-0.39, 0.29) is 20.1 Å². The molecule has 0 N–H and O–H groups in total. The van der Waals surface area contributed by atoms with Gasteiger partial charge in [-0.05, 0) is 60.6 Å². The number of rotatable bonds is 3. The summed E-state index contributed by atoms with van der Waals surface area (Å²) in [5.74, 6) is 0. The first-order chi connectivity index (χ1) is 19.2. The Morgan fingerprint density at radius 2 is 1.50 bits per heavy atom. The van der Waals surface area contributed by atoms with Crippen LogP contribution in [0, 0.1) is 26.0 Å². The summed E-state index contributed by atoms with van der Waals surface area (Å²) < 4.78 is 6.10. The summed E-state index contributed by atoms with van der Waals surface area (Å²) in [6.07, 6.45) is 3.63. The molecule has 3 aromatic carbocycles. The molecule has 0 atom stereocenters. The van der Waals surface area contributed by atoms with Crippen LogP contribution in [0.4, 0.5) is 0 Å². The van der Waals surface area contributed by atoms with Gasteiger partial charge in [-0.1, -0.05) is 59.0 Å². The zero-order chi connectivity index (χ0) is 26.6. The molecule has 0 unspecified atom stereocenters. The molecule has 197 valence electrons. The van der Waals surface area contributed by atoms with Crippen molar-refractivity contribution >= 4 is 22.1 Å². The summed E-state index contributed by atoms with van der Waals surface area (Å²) in [5, 5.41) is 2.05. The number of aromatic nitrogens is 3. The second kappa shape index (κ2) is 12.2. The first-order valence-electron chi connectivity index (χ1n) is 12.8. The van der Waals surface area contributed by atoms with Gasteiger partial charge in [-0.25, -0.2) is 4.98 Å². The van der Waals surface area contributed by atoms with Crippen LogP contribution in [-0.2, 0) is 20.1 Å². The zero-order valence-corrected chi connectivity index (χ0v) is 24.4. The fourth-order valence-corrected chi connectivity index (χ4v) is 4.55. The quantitative estimate of drug-likeness (QED) is 0.174. The maximum Gasteiger partial charge on any atom is 0.216 e. The molecule has 0 aliphatic rings. The summed E-state index contributed by atoms with van der Waals surface area (Å²) in [5.41, 5.74) is 9.61. The van der Waals surface area contributed by atoms with Crippen molar-refractivity contribution in [3.8, 4) is 33.6 Å². The minimum atomic E-state index is 0. The molecule has 0 bridgehead atoms. The van der Waals surface area contributed by atoms with Gasteiger partial charge in [0.25, 0.3) is 0 Å². The average Bonchev–Trinajstić information content (AvgIpc) is 3.36. The van der Waals surface area contributed by atoms with Gasteiger partial charge in [0.2, 0.25) is 5.71 Å². The average molecular weight is 696 g/mol. The van der Waals surface area contributed by atoms with E-state index in [0.717, 1.165) is 50.1 Å². The van der Waals surface area contributed by atoms with Crippen LogP contribution in [0.2, 0.25) is 0 Å². The Morgan fingerprint density at radius 3 is 2.30 bits per heavy atom. The molecule has 0 amide bonds. The van der Waals surface area contributed by atoms with Gasteiger partial charge >= 0.3 is 0 Å². The Bertz CT molecular complexity index is 1840. The molecule has 7 aromatic rings. The van der Waals surface area contributed by atoms with Crippen LogP contribution in [0.25, 0.3) is 55.7 Å². The van der Waals surface area contributed by atoms with Gasteiger partial charge in [0.1, 0.15) is 0 Å². The van der Waals surface area contributed by atoms with Crippen molar-refractivity contribution in [1.82, 2.24) is 15.0 Å². The van der Waals surface area contributed by atoms with Crippen molar-refractivity contribution in [2.75, 3.05) is 0 Å². The third-order valence-corrected chi connectivity index (χ3v) is 6.46. The molecule has 40 heavy (non-hydrogen) atoms. The SMILES string of the molecule is Cc1cccc(-c2ccnc(-c3[c-]ccc4c3oc3nc(C)ccc34)c2)c1.[Ir].[c-]1ccccc1-c1ccccn1. The molecule has 7 rings (SSSR count). The van der Waals surface area contributed by atoms with Crippen LogP contribution < -0.4 is 0 Å². The van der Waals surface area contributed by atoms with E-state index in [2.05, 4.69) is 70.4 Å². The molecule has 0 aliphatic heterocycles. The predicted molar refractivity (Wildman–Crippen MR) is 157 cm³/mol. The molecule has 0 saturated heterocycles. The van der Waals surface area contributed by atoms with Crippen molar-refractivity contribution < 1.29 is 24.5 Å².